The van der Waals surface area contributed by atoms with Gasteiger partial charge in [-0.1, -0.05) is 0 Å². The lowest BCUT2D eigenvalue weighted by molar-refractivity contribution is -0.126. The Morgan fingerprint density at radius 1 is 1.47 bits per heavy atom. The molecule has 1 saturated heterocycles. The average molecular weight is 268 g/mol. The SMILES string of the molecule is CC(NC(=O)[C@H]1CCCNC1)c1cc(F)ccc1F. The summed E-state index contributed by atoms with van der Waals surface area (Å²) in [5.41, 5.74) is 0.178. The van der Waals surface area contributed by atoms with Gasteiger partial charge in [0.25, 0.3) is 0 Å². The minimum atomic E-state index is -0.537. The summed E-state index contributed by atoms with van der Waals surface area (Å²) in [6, 6.07) is 2.73. The maximum absolute atomic E-state index is 13.6. The summed E-state index contributed by atoms with van der Waals surface area (Å²) in [6.07, 6.45) is 1.79. The van der Waals surface area contributed by atoms with Crippen LogP contribution in [0.1, 0.15) is 31.4 Å². The van der Waals surface area contributed by atoms with E-state index in [9.17, 15) is 13.6 Å². The highest BCUT2D eigenvalue weighted by molar-refractivity contribution is 5.79. The van der Waals surface area contributed by atoms with Gasteiger partial charge in [0.05, 0.1) is 12.0 Å². The number of rotatable bonds is 3. The highest BCUT2D eigenvalue weighted by Crippen LogP contribution is 2.19. The van der Waals surface area contributed by atoms with Crippen LogP contribution in [0.3, 0.4) is 0 Å². The molecule has 1 heterocycles. The number of piperidine rings is 1. The third kappa shape index (κ3) is 3.50. The van der Waals surface area contributed by atoms with Crippen molar-refractivity contribution in [2.45, 2.75) is 25.8 Å². The first-order chi connectivity index (χ1) is 9.08. The van der Waals surface area contributed by atoms with Gasteiger partial charge in [0.2, 0.25) is 5.91 Å². The molecule has 1 unspecified atom stereocenters. The van der Waals surface area contributed by atoms with E-state index in [1.54, 1.807) is 6.92 Å². The highest BCUT2D eigenvalue weighted by Gasteiger charge is 2.23. The molecular weight excluding hydrogens is 250 g/mol. The van der Waals surface area contributed by atoms with E-state index < -0.39 is 17.7 Å². The minimum Gasteiger partial charge on any atom is -0.349 e. The van der Waals surface area contributed by atoms with Crippen LogP contribution in [-0.2, 0) is 4.79 Å². The third-order valence-electron chi connectivity index (χ3n) is 3.45. The number of carbonyl (C=O) groups is 1. The summed E-state index contributed by atoms with van der Waals surface area (Å²) in [7, 11) is 0. The molecule has 0 radical (unpaired) electrons. The molecule has 104 valence electrons. The van der Waals surface area contributed by atoms with Crippen molar-refractivity contribution in [2.75, 3.05) is 13.1 Å². The van der Waals surface area contributed by atoms with Crippen molar-refractivity contribution in [1.82, 2.24) is 10.6 Å². The molecule has 1 aliphatic rings. The topological polar surface area (TPSA) is 41.1 Å². The molecule has 2 rings (SSSR count). The lowest BCUT2D eigenvalue weighted by Crippen LogP contribution is -2.41. The lowest BCUT2D eigenvalue weighted by Gasteiger charge is -2.24. The van der Waals surface area contributed by atoms with Crippen molar-refractivity contribution in [2.24, 2.45) is 5.92 Å². The summed E-state index contributed by atoms with van der Waals surface area (Å²) >= 11 is 0. The van der Waals surface area contributed by atoms with Crippen LogP contribution in [0.15, 0.2) is 18.2 Å². The number of benzene rings is 1. The van der Waals surface area contributed by atoms with Gasteiger partial charge in [-0.3, -0.25) is 4.79 Å². The predicted molar refractivity (Wildman–Crippen MR) is 68.5 cm³/mol. The predicted octanol–water partition coefficient (Wildman–Crippen LogP) is 2.14. The molecule has 1 aliphatic heterocycles. The van der Waals surface area contributed by atoms with Gasteiger partial charge >= 0.3 is 0 Å². The van der Waals surface area contributed by atoms with Crippen LogP contribution in [0, 0.1) is 17.6 Å². The molecule has 1 aromatic carbocycles. The van der Waals surface area contributed by atoms with E-state index in [-0.39, 0.29) is 17.4 Å². The second-order valence-corrected chi connectivity index (χ2v) is 4.94. The van der Waals surface area contributed by atoms with E-state index in [1.165, 1.54) is 0 Å². The van der Waals surface area contributed by atoms with E-state index in [0.717, 1.165) is 37.6 Å². The summed E-state index contributed by atoms with van der Waals surface area (Å²) < 4.78 is 26.7. The van der Waals surface area contributed by atoms with Gasteiger partial charge in [0, 0.05) is 12.1 Å². The van der Waals surface area contributed by atoms with E-state index in [1.807, 2.05) is 0 Å². The molecule has 0 saturated carbocycles. The Bertz CT molecular complexity index is 459. The molecule has 0 bridgehead atoms. The molecule has 1 aromatic rings. The molecule has 5 heteroatoms. The van der Waals surface area contributed by atoms with Crippen LogP contribution in [-0.4, -0.2) is 19.0 Å². The van der Waals surface area contributed by atoms with E-state index in [0.29, 0.717) is 6.54 Å². The minimum absolute atomic E-state index is 0.0900. The summed E-state index contributed by atoms with van der Waals surface area (Å²) in [4.78, 5) is 12.0. The van der Waals surface area contributed by atoms with Crippen molar-refractivity contribution in [1.29, 1.82) is 0 Å². The van der Waals surface area contributed by atoms with Crippen LogP contribution in [0.5, 0.6) is 0 Å². The molecule has 1 amide bonds. The molecule has 2 N–H and O–H groups in total. The van der Waals surface area contributed by atoms with Crippen LogP contribution in [0.4, 0.5) is 8.78 Å². The van der Waals surface area contributed by atoms with Gasteiger partial charge < -0.3 is 10.6 Å². The van der Waals surface area contributed by atoms with Crippen LogP contribution < -0.4 is 10.6 Å². The van der Waals surface area contributed by atoms with Crippen LogP contribution in [0.25, 0.3) is 0 Å². The Morgan fingerprint density at radius 2 is 2.26 bits per heavy atom. The Hall–Kier alpha value is -1.49. The molecule has 0 aromatic heterocycles. The number of amides is 1. The first kappa shape index (κ1) is 13.9. The molecule has 2 atom stereocenters. The number of hydrogen-bond acceptors (Lipinski definition) is 2. The largest absolute Gasteiger partial charge is 0.349 e. The van der Waals surface area contributed by atoms with E-state index in [2.05, 4.69) is 10.6 Å². The number of nitrogens with one attached hydrogen (secondary N) is 2. The maximum atomic E-state index is 13.6. The normalized spacial score (nSPS) is 20.9. The third-order valence-corrected chi connectivity index (χ3v) is 3.45. The van der Waals surface area contributed by atoms with Crippen molar-refractivity contribution >= 4 is 5.91 Å². The van der Waals surface area contributed by atoms with Gasteiger partial charge in [0.15, 0.2) is 0 Å². The van der Waals surface area contributed by atoms with Gasteiger partial charge in [0.1, 0.15) is 11.6 Å². The fraction of sp³-hybridized carbons (Fsp3) is 0.500. The van der Waals surface area contributed by atoms with Gasteiger partial charge in [-0.15, -0.1) is 0 Å². The zero-order valence-corrected chi connectivity index (χ0v) is 10.9. The van der Waals surface area contributed by atoms with E-state index >= 15 is 0 Å². The summed E-state index contributed by atoms with van der Waals surface area (Å²) in [5, 5.41) is 5.90. The second-order valence-electron chi connectivity index (χ2n) is 4.94. The van der Waals surface area contributed by atoms with Gasteiger partial charge in [-0.25, -0.2) is 8.78 Å². The van der Waals surface area contributed by atoms with Crippen LogP contribution in [0.2, 0.25) is 0 Å². The summed E-state index contributed by atoms with van der Waals surface area (Å²) in [5.74, 6) is -1.20. The number of carbonyl (C=O) groups excluding carboxylic acids is 1. The van der Waals surface area contributed by atoms with Crippen molar-refractivity contribution in [3.63, 3.8) is 0 Å². The molecule has 3 nitrogen and oxygen atoms in total. The number of halogens is 2. The fourth-order valence-corrected chi connectivity index (χ4v) is 2.33. The van der Waals surface area contributed by atoms with Crippen molar-refractivity contribution < 1.29 is 13.6 Å². The van der Waals surface area contributed by atoms with Gasteiger partial charge in [-0.05, 0) is 44.5 Å². The Labute approximate surface area is 111 Å². The number of hydrogen-bond donors (Lipinski definition) is 2. The molecule has 19 heavy (non-hydrogen) atoms. The molecule has 1 fully saturated rings. The highest BCUT2D eigenvalue weighted by atomic mass is 19.1. The smallest absolute Gasteiger partial charge is 0.224 e. The monoisotopic (exact) mass is 268 g/mol. The zero-order valence-electron chi connectivity index (χ0n) is 10.9. The van der Waals surface area contributed by atoms with Crippen LogP contribution >= 0.6 is 0 Å². The molecule has 0 aliphatic carbocycles. The van der Waals surface area contributed by atoms with Crippen molar-refractivity contribution in [3.05, 3.63) is 35.4 Å². The fourth-order valence-electron chi connectivity index (χ4n) is 2.33. The standard InChI is InChI=1S/C14H18F2N2O/c1-9(12-7-11(15)4-5-13(12)16)18-14(19)10-3-2-6-17-8-10/h4-5,7,9-10,17H,2-3,6,8H2,1H3,(H,18,19)/t9?,10-/m0/s1. The first-order valence-electron chi connectivity index (χ1n) is 6.54. The van der Waals surface area contributed by atoms with Crippen molar-refractivity contribution in [3.8, 4) is 0 Å². The average Bonchev–Trinajstić information content (AvgIpc) is 2.42. The lowest BCUT2D eigenvalue weighted by atomic mass is 9.98. The Morgan fingerprint density at radius 3 is 2.95 bits per heavy atom. The van der Waals surface area contributed by atoms with Gasteiger partial charge in [-0.2, -0.15) is 0 Å². The Balaban J connectivity index is 2.01. The quantitative estimate of drug-likeness (QED) is 0.882. The maximum Gasteiger partial charge on any atom is 0.224 e. The molecule has 0 spiro atoms. The van der Waals surface area contributed by atoms with E-state index in [4.69, 9.17) is 0 Å². The summed E-state index contributed by atoms with van der Waals surface area (Å²) in [6.45, 7) is 3.23. The zero-order chi connectivity index (χ0) is 13.8. The second kappa shape index (κ2) is 6.10. The first-order valence-corrected chi connectivity index (χ1v) is 6.54. The Kier molecular flexibility index (Phi) is 4.47. The molecular formula is C14H18F2N2O.